The lowest BCUT2D eigenvalue weighted by Crippen LogP contribution is -2.20. The van der Waals surface area contributed by atoms with Crippen molar-refractivity contribution in [1.29, 1.82) is 0 Å². The van der Waals surface area contributed by atoms with E-state index in [2.05, 4.69) is 20.7 Å². The Labute approximate surface area is 199 Å². The van der Waals surface area contributed by atoms with Gasteiger partial charge in [-0.15, -0.1) is 10.2 Å². The van der Waals surface area contributed by atoms with Crippen LogP contribution < -0.4 is 5.43 Å². The number of hydrogen-bond acceptors (Lipinski definition) is 5. The number of thioether (sulfide) groups is 1. The van der Waals surface area contributed by atoms with E-state index in [4.69, 9.17) is 23.2 Å². The molecule has 0 radical (unpaired) electrons. The third-order valence-corrected chi connectivity index (χ3v) is 5.79. The van der Waals surface area contributed by atoms with Crippen LogP contribution in [0.3, 0.4) is 0 Å². The number of hydrogen-bond donors (Lipinski definition) is 1. The van der Waals surface area contributed by atoms with Crippen molar-refractivity contribution in [2.75, 3.05) is 5.75 Å². The number of para-hydroxylation sites is 1. The van der Waals surface area contributed by atoms with Crippen molar-refractivity contribution in [3.05, 3.63) is 94.5 Å². The van der Waals surface area contributed by atoms with E-state index < -0.39 is 0 Å². The van der Waals surface area contributed by atoms with Crippen LogP contribution in [0.1, 0.15) is 5.56 Å². The lowest BCUT2D eigenvalue weighted by Gasteiger charge is -2.10. The number of aromatic nitrogens is 3. The maximum atomic E-state index is 12.3. The van der Waals surface area contributed by atoms with Crippen molar-refractivity contribution in [1.82, 2.24) is 20.2 Å². The highest BCUT2D eigenvalue weighted by molar-refractivity contribution is 7.99. The molecule has 0 aliphatic rings. The van der Waals surface area contributed by atoms with E-state index in [1.54, 1.807) is 30.5 Å². The summed E-state index contributed by atoms with van der Waals surface area (Å²) >= 11 is 13.2. The second-order valence-electron chi connectivity index (χ2n) is 6.62. The van der Waals surface area contributed by atoms with Crippen LogP contribution in [-0.4, -0.2) is 32.6 Å². The van der Waals surface area contributed by atoms with Gasteiger partial charge in [-0.25, -0.2) is 5.43 Å². The van der Waals surface area contributed by atoms with Gasteiger partial charge in [0.25, 0.3) is 5.91 Å². The van der Waals surface area contributed by atoms with Crippen LogP contribution in [0, 0.1) is 0 Å². The molecule has 0 unspecified atom stereocenters. The first kappa shape index (κ1) is 22.1. The highest BCUT2D eigenvalue weighted by Crippen LogP contribution is 2.28. The van der Waals surface area contributed by atoms with E-state index in [1.165, 1.54) is 11.8 Å². The van der Waals surface area contributed by atoms with Crippen LogP contribution in [0.2, 0.25) is 10.0 Å². The highest BCUT2D eigenvalue weighted by Gasteiger charge is 2.17. The number of hydrazone groups is 1. The number of nitrogens with one attached hydrogen (secondary N) is 1. The van der Waals surface area contributed by atoms with E-state index in [9.17, 15) is 4.79 Å². The van der Waals surface area contributed by atoms with Crippen molar-refractivity contribution in [2.45, 2.75) is 5.16 Å². The third kappa shape index (κ3) is 5.56. The van der Waals surface area contributed by atoms with Crippen molar-refractivity contribution in [3.63, 3.8) is 0 Å². The van der Waals surface area contributed by atoms with Crippen LogP contribution >= 0.6 is 35.0 Å². The van der Waals surface area contributed by atoms with Crippen molar-refractivity contribution >= 4 is 47.1 Å². The van der Waals surface area contributed by atoms with Crippen molar-refractivity contribution in [3.8, 4) is 17.1 Å². The monoisotopic (exact) mass is 481 g/mol. The zero-order chi connectivity index (χ0) is 22.3. The molecule has 0 atom stereocenters. The Morgan fingerprint density at radius 3 is 2.28 bits per heavy atom. The number of rotatable bonds is 7. The largest absolute Gasteiger partial charge is 0.272 e. The summed E-state index contributed by atoms with van der Waals surface area (Å²) in [6.45, 7) is 0. The standard InChI is InChI=1S/C23H17Cl2N5OS/c24-18-10-6-16(7-11-18)14-26-27-21(31)15-32-23-29-28-22(17-8-12-19(25)13-9-17)30(23)20-4-2-1-3-5-20/h1-14H,15H2,(H,27,31)/b26-14-. The smallest absolute Gasteiger partial charge is 0.250 e. The Balaban J connectivity index is 1.49. The molecule has 32 heavy (non-hydrogen) atoms. The fourth-order valence-corrected chi connectivity index (χ4v) is 3.85. The van der Waals surface area contributed by atoms with Gasteiger partial charge >= 0.3 is 0 Å². The molecule has 9 heteroatoms. The summed E-state index contributed by atoms with van der Waals surface area (Å²) < 4.78 is 1.91. The van der Waals surface area contributed by atoms with Gasteiger partial charge in [-0.3, -0.25) is 9.36 Å². The average molecular weight is 482 g/mol. The van der Waals surface area contributed by atoms with Gasteiger partial charge in [-0.05, 0) is 54.1 Å². The molecule has 0 saturated heterocycles. The first-order chi connectivity index (χ1) is 15.6. The SMILES string of the molecule is O=C(CSc1nnc(-c2ccc(Cl)cc2)n1-c1ccccc1)N/N=C\c1ccc(Cl)cc1. The Bertz CT molecular complexity index is 1230. The summed E-state index contributed by atoms with van der Waals surface area (Å²) in [6.07, 6.45) is 1.56. The molecule has 4 aromatic rings. The summed E-state index contributed by atoms with van der Waals surface area (Å²) in [5.74, 6) is 0.538. The second kappa shape index (κ2) is 10.5. The van der Waals surface area contributed by atoms with Gasteiger partial charge in [0, 0.05) is 21.3 Å². The molecule has 1 aromatic heterocycles. The molecule has 3 aromatic carbocycles. The number of benzene rings is 3. The molecule has 0 bridgehead atoms. The molecule has 160 valence electrons. The van der Waals surface area contributed by atoms with Gasteiger partial charge in [0.05, 0.1) is 12.0 Å². The molecular weight excluding hydrogens is 465 g/mol. The van der Waals surface area contributed by atoms with Crippen LogP contribution in [0.5, 0.6) is 0 Å². The number of halogens is 2. The average Bonchev–Trinajstić information content (AvgIpc) is 3.24. The Morgan fingerprint density at radius 1 is 0.938 bits per heavy atom. The summed E-state index contributed by atoms with van der Waals surface area (Å²) in [5, 5.41) is 14.5. The number of carbonyl (C=O) groups is 1. The summed E-state index contributed by atoms with van der Waals surface area (Å²) in [4.78, 5) is 12.3. The molecule has 4 rings (SSSR count). The predicted molar refractivity (Wildman–Crippen MR) is 130 cm³/mol. The minimum atomic E-state index is -0.254. The summed E-state index contributed by atoms with van der Waals surface area (Å²) in [5.41, 5.74) is 5.12. The van der Waals surface area contributed by atoms with Gasteiger partial charge in [0.2, 0.25) is 0 Å². The maximum absolute atomic E-state index is 12.3. The molecule has 0 spiro atoms. The van der Waals surface area contributed by atoms with Crippen LogP contribution in [0.15, 0.2) is 89.1 Å². The molecule has 6 nitrogen and oxygen atoms in total. The minimum Gasteiger partial charge on any atom is -0.272 e. The van der Waals surface area contributed by atoms with Gasteiger partial charge < -0.3 is 0 Å². The molecule has 0 aliphatic heterocycles. The van der Waals surface area contributed by atoms with Gasteiger partial charge in [-0.1, -0.05) is 65.3 Å². The van der Waals surface area contributed by atoms with E-state index in [0.717, 1.165) is 16.8 Å². The second-order valence-corrected chi connectivity index (χ2v) is 8.43. The van der Waals surface area contributed by atoms with Crippen LogP contribution in [0.4, 0.5) is 0 Å². The lowest BCUT2D eigenvalue weighted by atomic mass is 10.2. The fraction of sp³-hybridized carbons (Fsp3) is 0.0435. The Kier molecular flexibility index (Phi) is 7.21. The molecule has 1 heterocycles. The first-order valence-electron chi connectivity index (χ1n) is 9.57. The van der Waals surface area contributed by atoms with Gasteiger partial charge in [-0.2, -0.15) is 5.10 Å². The number of amides is 1. The van der Waals surface area contributed by atoms with Crippen LogP contribution in [0.25, 0.3) is 17.1 Å². The molecule has 0 aliphatic carbocycles. The zero-order valence-electron chi connectivity index (χ0n) is 16.7. The molecule has 0 saturated carbocycles. The maximum Gasteiger partial charge on any atom is 0.250 e. The molecular formula is C23H17Cl2N5OS. The number of nitrogens with zero attached hydrogens (tertiary/aromatic N) is 4. The normalized spacial score (nSPS) is 11.1. The Morgan fingerprint density at radius 2 is 1.59 bits per heavy atom. The summed E-state index contributed by atoms with van der Waals surface area (Å²) in [7, 11) is 0. The predicted octanol–water partition coefficient (Wildman–Crippen LogP) is 5.48. The molecule has 0 fully saturated rings. The molecule has 1 N–H and O–H groups in total. The van der Waals surface area contributed by atoms with Crippen molar-refractivity contribution in [2.24, 2.45) is 5.10 Å². The van der Waals surface area contributed by atoms with E-state index in [0.29, 0.717) is 21.0 Å². The number of carbonyl (C=O) groups excluding carboxylic acids is 1. The Hall–Kier alpha value is -3.13. The van der Waals surface area contributed by atoms with E-state index >= 15 is 0 Å². The molecule has 1 amide bonds. The lowest BCUT2D eigenvalue weighted by molar-refractivity contribution is -0.118. The van der Waals surface area contributed by atoms with E-state index in [1.807, 2.05) is 59.2 Å². The minimum absolute atomic E-state index is 0.129. The zero-order valence-corrected chi connectivity index (χ0v) is 19.0. The quantitative estimate of drug-likeness (QED) is 0.215. The van der Waals surface area contributed by atoms with Crippen molar-refractivity contribution < 1.29 is 4.79 Å². The third-order valence-electron chi connectivity index (χ3n) is 4.36. The summed E-state index contributed by atoms with van der Waals surface area (Å²) in [6, 6.07) is 24.3. The topological polar surface area (TPSA) is 72.2 Å². The highest BCUT2D eigenvalue weighted by atomic mass is 35.5. The van der Waals surface area contributed by atoms with Crippen LogP contribution in [-0.2, 0) is 4.79 Å². The first-order valence-corrected chi connectivity index (χ1v) is 11.3. The van der Waals surface area contributed by atoms with Gasteiger partial charge in [0.1, 0.15) is 0 Å². The fourth-order valence-electron chi connectivity index (χ4n) is 2.85. The van der Waals surface area contributed by atoms with Gasteiger partial charge in [0.15, 0.2) is 11.0 Å². The van der Waals surface area contributed by atoms with E-state index in [-0.39, 0.29) is 11.7 Å².